The second kappa shape index (κ2) is 14.9. The molecule has 2 aromatic carbocycles. The van der Waals surface area contributed by atoms with Gasteiger partial charge in [0.15, 0.2) is 0 Å². The van der Waals surface area contributed by atoms with Crippen LogP contribution < -0.4 is 0 Å². The predicted molar refractivity (Wildman–Crippen MR) is 211 cm³/mol. The Morgan fingerprint density at radius 2 is 0.885 bits per heavy atom. The van der Waals surface area contributed by atoms with E-state index in [4.69, 9.17) is 9.97 Å². The van der Waals surface area contributed by atoms with Gasteiger partial charge in [-0.05, 0) is 121 Å². The van der Waals surface area contributed by atoms with Gasteiger partial charge in [-0.25, -0.2) is 9.97 Å². The molecule has 3 aromatic heterocycles. The molecule has 7 rings (SSSR count). The molecule has 0 saturated heterocycles. The Labute approximate surface area is 303 Å². The third-order valence-corrected chi connectivity index (χ3v) is 10.6. The number of aromatic amines is 2. The van der Waals surface area contributed by atoms with E-state index in [-0.39, 0.29) is 26.4 Å². The Morgan fingerprint density at radius 1 is 0.500 bits per heavy atom. The van der Waals surface area contributed by atoms with Crippen LogP contribution in [0.2, 0.25) is 0 Å². The first-order valence-corrected chi connectivity index (χ1v) is 18.0. The predicted octanol–water partition coefficient (Wildman–Crippen LogP) is 7.96. The van der Waals surface area contributed by atoms with Crippen LogP contribution in [0.1, 0.15) is 71.7 Å². The molecule has 5 aromatic rings. The minimum Gasteiger partial charge on any atom is -0.396 e. The number of aryl methyl sites for hydroxylation is 2. The zero-order valence-electron chi connectivity index (χ0n) is 30.3. The molecule has 0 atom stereocenters. The number of allylic oxidation sites excluding steroid dienone is 2. The fraction of sp³-hybridized carbons (Fsp3) is 0.273. The second-order valence-corrected chi connectivity index (χ2v) is 13.6. The fourth-order valence-electron chi connectivity index (χ4n) is 8.00. The molecule has 0 aliphatic carbocycles. The van der Waals surface area contributed by atoms with Crippen molar-refractivity contribution >= 4 is 44.4 Å². The highest BCUT2D eigenvalue weighted by molar-refractivity contribution is 6.03. The van der Waals surface area contributed by atoms with Gasteiger partial charge in [-0.15, -0.1) is 0 Å². The van der Waals surface area contributed by atoms with Crippen LogP contribution in [0.3, 0.4) is 0 Å². The number of nitrogens with one attached hydrogen (secondary N) is 2. The van der Waals surface area contributed by atoms with Crippen molar-refractivity contribution in [3.05, 3.63) is 118 Å². The molecule has 8 bridgehead atoms. The summed E-state index contributed by atoms with van der Waals surface area (Å²) in [6, 6.07) is 24.5. The average molecular weight is 695 g/mol. The van der Waals surface area contributed by atoms with Crippen molar-refractivity contribution in [1.29, 1.82) is 0 Å². The molecule has 2 aliphatic heterocycles. The molecule has 0 unspecified atom stereocenters. The minimum absolute atomic E-state index is 0.0186. The van der Waals surface area contributed by atoms with Crippen LogP contribution in [0.4, 0.5) is 0 Å². The molecule has 2 aliphatic rings. The highest BCUT2D eigenvalue weighted by atomic mass is 16.3. The minimum atomic E-state index is -0.0320. The van der Waals surface area contributed by atoms with Gasteiger partial charge in [0.25, 0.3) is 0 Å². The number of fused-ring (bicyclic) bond motifs is 8. The summed E-state index contributed by atoms with van der Waals surface area (Å²) in [6.45, 7) is 8.21. The van der Waals surface area contributed by atoms with E-state index < -0.39 is 0 Å². The number of hydrogen-bond donors (Lipinski definition) is 6. The van der Waals surface area contributed by atoms with Crippen LogP contribution in [-0.2, 0) is 12.8 Å². The van der Waals surface area contributed by atoms with E-state index >= 15 is 0 Å². The van der Waals surface area contributed by atoms with Gasteiger partial charge in [0, 0.05) is 48.6 Å². The zero-order valence-corrected chi connectivity index (χ0v) is 30.3. The quantitative estimate of drug-likeness (QED) is 0.0878. The van der Waals surface area contributed by atoms with Crippen LogP contribution in [-0.4, -0.2) is 66.8 Å². The molecule has 0 saturated carbocycles. The van der Waals surface area contributed by atoms with Gasteiger partial charge in [-0.1, -0.05) is 60.7 Å². The first-order chi connectivity index (χ1) is 25.3. The van der Waals surface area contributed by atoms with E-state index in [9.17, 15) is 20.4 Å². The first kappa shape index (κ1) is 35.3. The van der Waals surface area contributed by atoms with Gasteiger partial charge >= 0.3 is 0 Å². The lowest BCUT2D eigenvalue weighted by Gasteiger charge is -2.10. The Balaban J connectivity index is 1.77. The summed E-state index contributed by atoms with van der Waals surface area (Å²) in [5.74, 6) is 0. The molecular weight excluding hydrogens is 649 g/mol. The average Bonchev–Trinajstić information content (AvgIpc) is 3.82. The van der Waals surface area contributed by atoms with Crippen molar-refractivity contribution in [2.75, 3.05) is 26.4 Å². The Morgan fingerprint density at radius 3 is 1.27 bits per heavy atom. The van der Waals surface area contributed by atoms with Crippen LogP contribution >= 0.6 is 0 Å². The zero-order chi connectivity index (χ0) is 36.5. The molecule has 5 heterocycles. The Kier molecular flexibility index (Phi) is 10.1. The lowest BCUT2D eigenvalue weighted by atomic mass is 9.93. The first-order valence-electron chi connectivity index (χ1n) is 18.0. The summed E-state index contributed by atoms with van der Waals surface area (Å²) < 4.78 is 0. The number of rotatable bonds is 10. The molecule has 0 spiro atoms. The monoisotopic (exact) mass is 694 g/mol. The van der Waals surface area contributed by atoms with Crippen LogP contribution in [0, 0.1) is 13.8 Å². The number of H-pyrrole nitrogens is 2. The topological polar surface area (TPSA) is 138 Å². The number of aliphatic hydroxyl groups excluding tert-OH is 4. The van der Waals surface area contributed by atoms with Crippen LogP contribution in [0.5, 0.6) is 0 Å². The van der Waals surface area contributed by atoms with Gasteiger partial charge in [-0.2, -0.15) is 0 Å². The van der Waals surface area contributed by atoms with Gasteiger partial charge in [0.05, 0.1) is 33.8 Å². The maximum absolute atomic E-state index is 10.3. The van der Waals surface area contributed by atoms with E-state index in [0.717, 1.165) is 112 Å². The van der Waals surface area contributed by atoms with Gasteiger partial charge in [-0.3, -0.25) is 0 Å². The van der Waals surface area contributed by atoms with Crippen molar-refractivity contribution in [2.24, 2.45) is 0 Å². The summed E-state index contributed by atoms with van der Waals surface area (Å²) in [5.41, 5.74) is 18.4. The molecular formula is C44H46N4O4. The summed E-state index contributed by atoms with van der Waals surface area (Å²) in [5, 5.41) is 41.2. The second-order valence-electron chi connectivity index (χ2n) is 13.6. The van der Waals surface area contributed by atoms with Crippen LogP contribution in [0.15, 0.2) is 72.8 Å². The molecule has 6 N–H and O–H groups in total. The summed E-state index contributed by atoms with van der Waals surface area (Å²) in [4.78, 5) is 18.2. The summed E-state index contributed by atoms with van der Waals surface area (Å²) in [7, 11) is 0. The highest BCUT2D eigenvalue weighted by Gasteiger charge is 2.27. The largest absolute Gasteiger partial charge is 0.396 e. The number of hydrogen-bond acceptors (Lipinski definition) is 6. The molecule has 0 amide bonds. The normalized spacial score (nSPS) is 13.1. The number of aliphatic hydroxyl groups is 4. The van der Waals surface area contributed by atoms with Crippen molar-refractivity contribution in [1.82, 2.24) is 19.9 Å². The molecule has 0 radical (unpaired) electrons. The van der Waals surface area contributed by atoms with Gasteiger partial charge < -0.3 is 30.4 Å². The summed E-state index contributed by atoms with van der Waals surface area (Å²) in [6.07, 6.45) is 1.75. The third kappa shape index (κ3) is 6.11. The smallest absolute Gasteiger partial charge is 0.0769 e. The van der Waals surface area contributed by atoms with Crippen molar-refractivity contribution in [3.63, 3.8) is 0 Å². The molecule has 266 valence electrons. The fourth-order valence-corrected chi connectivity index (χ4v) is 8.00. The van der Waals surface area contributed by atoms with Gasteiger partial charge in [0.2, 0.25) is 0 Å². The van der Waals surface area contributed by atoms with Crippen molar-refractivity contribution in [3.8, 4) is 22.3 Å². The maximum atomic E-state index is 10.3. The van der Waals surface area contributed by atoms with E-state index in [2.05, 4.69) is 74.1 Å². The third-order valence-electron chi connectivity index (χ3n) is 10.6. The highest BCUT2D eigenvalue weighted by Crippen LogP contribution is 2.44. The van der Waals surface area contributed by atoms with E-state index in [1.807, 2.05) is 36.4 Å². The lowest BCUT2D eigenvalue weighted by molar-refractivity contribution is 0.299. The maximum Gasteiger partial charge on any atom is 0.0769 e. The summed E-state index contributed by atoms with van der Waals surface area (Å²) >= 11 is 0. The standard InChI is InChI=1S/C44H46N4O4/c1-25-31(15-19-49)35-23-36-33(17-21-51)27(3)43(47-36)40(30-13-9-6-10-14-30)44-28(4)34(18-22-52)38(48-44)24-37-32(16-20-50)26(2)42(46-37)39(41(25)45-35)29-11-7-5-8-12-29/h5-14,23-24,45-46,49-52H,15-22H2,1-4H3. The van der Waals surface area contributed by atoms with E-state index in [0.29, 0.717) is 25.7 Å². The lowest BCUT2D eigenvalue weighted by Crippen LogP contribution is -1.93. The van der Waals surface area contributed by atoms with E-state index in [1.165, 1.54) is 0 Å². The number of benzene rings is 2. The Hall–Kier alpha value is -5.12. The van der Waals surface area contributed by atoms with Gasteiger partial charge in [0.1, 0.15) is 0 Å². The van der Waals surface area contributed by atoms with Crippen molar-refractivity contribution in [2.45, 2.75) is 53.4 Å². The van der Waals surface area contributed by atoms with Crippen molar-refractivity contribution < 1.29 is 20.4 Å². The molecule has 8 heteroatoms. The molecule has 8 nitrogen and oxygen atoms in total. The van der Waals surface area contributed by atoms with Crippen LogP contribution in [0.25, 0.3) is 66.6 Å². The molecule has 52 heavy (non-hydrogen) atoms. The number of aromatic nitrogens is 4. The number of nitrogens with zero attached hydrogens (tertiary/aromatic N) is 2. The van der Waals surface area contributed by atoms with E-state index in [1.54, 1.807) is 0 Å². The SMILES string of the molecule is CC1=C(CCO)c2cc3[nH]c(c(C)c3CCO)c(-c3ccccc3)c3[nH]c(cc4nc(c(-c5ccccc5)c1n2)C(C)=C4CCO)c(CCO)c3C. The molecule has 0 fully saturated rings. The Bertz CT molecular complexity index is 2260.